The van der Waals surface area contributed by atoms with Crippen molar-refractivity contribution in [2.45, 2.75) is 101 Å². The average Bonchev–Trinajstić information content (AvgIpc) is 4.18. The molecule has 2 aliphatic carbocycles. The van der Waals surface area contributed by atoms with Crippen molar-refractivity contribution in [3.63, 3.8) is 0 Å². The van der Waals surface area contributed by atoms with E-state index in [1.165, 1.54) is 56.3 Å². The number of imidazole rings is 1. The van der Waals surface area contributed by atoms with Crippen LogP contribution in [-0.2, 0) is 38.0 Å². The Balaban J connectivity index is 0.961. The van der Waals surface area contributed by atoms with Gasteiger partial charge >= 0.3 is 12.2 Å². The molecule has 0 bridgehead atoms. The first-order chi connectivity index (χ1) is 30.5. The Bertz CT molecular complexity index is 2250. The number of H-pyrrole nitrogens is 1. The van der Waals surface area contributed by atoms with Gasteiger partial charge in [-0.3, -0.25) is 9.59 Å². The Kier molecular flexibility index (Phi) is 13.1. The lowest BCUT2D eigenvalue weighted by molar-refractivity contribution is -0.154. The number of fused-ring (bicyclic) bond motifs is 1. The van der Waals surface area contributed by atoms with Gasteiger partial charge in [-0.15, -0.1) is 0 Å². The lowest BCUT2D eigenvalue weighted by Crippen LogP contribution is -2.55. The monoisotopic (exact) mass is 866 g/mol. The number of aromatic amines is 1. The maximum atomic E-state index is 14.1. The minimum atomic E-state index is -1.01. The van der Waals surface area contributed by atoms with Gasteiger partial charge in [-0.05, 0) is 96.9 Å². The summed E-state index contributed by atoms with van der Waals surface area (Å²) in [6.07, 6.45) is 5.31. The number of rotatable bonds is 13. The Morgan fingerprint density at radius 2 is 1.29 bits per heavy atom. The predicted octanol–water partition coefficient (Wildman–Crippen LogP) is 5.91. The average molecular weight is 867 g/mol. The molecule has 3 N–H and O–H groups in total. The first kappa shape index (κ1) is 44.1. The van der Waals surface area contributed by atoms with Crippen molar-refractivity contribution in [1.82, 2.24) is 30.4 Å². The molecule has 1 saturated carbocycles. The van der Waals surface area contributed by atoms with Crippen molar-refractivity contribution in [3.8, 4) is 22.4 Å². The molecule has 3 aliphatic heterocycles. The van der Waals surface area contributed by atoms with Crippen molar-refractivity contribution < 1.29 is 47.6 Å². The molecular weight excluding hydrogens is 809 g/mol. The van der Waals surface area contributed by atoms with Gasteiger partial charge in [0.05, 0.1) is 70.2 Å². The standard InChI is InChI=1S/C47H58N6O10/c1-27(58-3)40(50-45(56)60-5)43(54)52-20-8-11-38(52)36-23-35(33-9-7-10-34(33)36)31-16-12-29(13-17-31)30-14-18-32(19-15-30)37-25-48-42(49-37)39-24-47(62-21-22-63-47)26-53(39)44(55)41(28(2)59-4)51-46(57)61-6/h12-19,25,27-28,38-41H,7-11,20-24,26H2,1-6H3,(H,48,49)(H,50,56)(H,51,57)/t27-,28-,38+,39+,40+,41+/m1/s1. The van der Waals surface area contributed by atoms with Gasteiger partial charge in [-0.2, -0.15) is 0 Å². The maximum Gasteiger partial charge on any atom is 0.407 e. The summed E-state index contributed by atoms with van der Waals surface area (Å²) in [5.74, 6) is -0.901. The molecule has 0 radical (unpaired) electrons. The number of allylic oxidation sites excluding steroid dienone is 3. The number of nitrogens with one attached hydrogen (secondary N) is 3. The number of aromatic nitrogens is 2. The van der Waals surface area contributed by atoms with Crippen LogP contribution in [0.1, 0.15) is 76.2 Å². The third kappa shape index (κ3) is 8.73. The van der Waals surface area contributed by atoms with Crippen LogP contribution in [0.4, 0.5) is 9.59 Å². The van der Waals surface area contributed by atoms with Crippen LogP contribution < -0.4 is 10.6 Å². The molecule has 5 aliphatic rings. The highest BCUT2D eigenvalue weighted by Gasteiger charge is 2.53. The summed E-state index contributed by atoms with van der Waals surface area (Å²) in [5, 5.41) is 5.34. The van der Waals surface area contributed by atoms with Gasteiger partial charge in [0.1, 0.15) is 17.9 Å². The number of hydrogen-bond donors (Lipinski definition) is 3. The second kappa shape index (κ2) is 18.7. The number of ether oxygens (including phenoxy) is 6. The fourth-order valence-electron chi connectivity index (χ4n) is 9.96. The molecule has 2 aromatic carbocycles. The number of likely N-dealkylation sites (tertiary alicyclic amines) is 2. The van der Waals surface area contributed by atoms with Crippen LogP contribution in [0.15, 0.2) is 71.4 Å². The number of amides is 4. The van der Waals surface area contributed by atoms with Crippen LogP contribution in [-0.4, -0.2) is 135 Å². The third-order valence-electron chi connectivity index (χ3n) is 13.5. The zero-order valence-corrected chi connectivity index (χ0v) is 36.9. The highest BCUT2D eigenvalue weighted by Crippen LogP contribution is 2.50. The van der Waals surface area contributed by atoms with Crippen LogP contribution in [0.5, 0.6) is 0 Å². The molecule has 3 saturated heterocycles. The second-order valence-electron chi connectivity index (χ2n) is 16.9. The summed E-state index contributed by atoms with van der Waals surface area (Å²) in [4.78, 5) is 64.3. The molecular formula is C47H58N6O10. The fraction of sp³-hybridized carbons (Fsp3) is 0.511. The quantitative estimate of drug-likeness (QED) is 0.186. The molecule has 16 nitrogen and oxygen atoms in total. The Hall–Kier alpha value is -5.55. The smallest absolute Gasteiger partial charge is 0.407 e. The zero-order valence-electron chi connectivity index (χ0n) is 36.9. The molecule has 6 atom stereocenters. The van der Waals surface area contributed by atoms with Gasteiger partial charge in [0, 0.05) is 27.2 Å². The van der Waals surface area contributed by atoms with Crippen LogP contribution in [0.25, 0.3) is 28.0 Å². The number of nitrogens with zero attached hydrogens (tertiary/aromatic N) is 3. The van der Waals surface area contributed by atoms with Gasteiger partial charge in [-0.25, -0.2) is 14.6 Å². The van der Waals surface area contributed by atoms with E-state index in [2.05, 4.69) is 64.1 Å². The first-order valence-corrected chi connectivity index (χ1v) is 21.8. The van der Waals surface area contributed by atoms with E-state index in [1.807, 2.05) is 4.90 Å². The highest BCUT2D eigenvalue weighted by molar-refractivity contribution is 5.89. The van der Waals surface area contributed by atoms with E-state index in [0.29, 0.717) is 32.0 Å². The van der Waals surface area contributed by atoms with E-state index in [0.717, 1.165) is 60.9 Å². The summed E-state index contributed by atoms with van der Waals surface area (Å²) >= 11 is 0. The largest absolute Gasteiger partial charge is 0.453 e. The molecule has 1 spiro atoms. The summed E-state index contributed by atoms with van der Waals surface area (Å²) in [6, 6.07) is 14.6. The van der Waals surface area contributed by atoms with E-state index in [1.54, 1.807) is 24.9 Å². The molecule has 63 heavy (non-hydrogen) atoms. The van der Waals surface area contributed by atoms with Crippen molar-refractivity contribution >= 4 is 29.6 Å². The van der Waals surface area contributed by atoms with Gasteiger partial charge in [0.15, 0.2) is 5.79 Å². The third-order valence-corrected chi connectivity index (χ3v) is 13.5. The molecule has 1 aromatic heterocycles. The highest BCUT2D eigenvalue weighted by atomic mass is 16.7. The predicted molar refractivity (Wildman–Crippen MR) is 232 cm³/mol. The molecule has 4 amide bonds. The lowest BCUT2D eigenvalue weighted by atomic mass is 9.94. The van der Waals surface area contributed by atoms with Crippen molar-refractivity contribution in [3.05, 3.63) is 82.8 Å². The van der Waals surface area contributed by atoms with Gasteiger partial charge in [0.2, 0.25) is 11.8 Å². The Labute approximate surface area is 367 Å². The number of methoxy groups -OCH3 is 4. The zero-order chi connectivity index (χ0) is 44.4. The number of alkyl carbamates (subject to hydrolysis) is 2. The molecule has 336 valence electrons. The van der Waals surface area contributed by atoms with Gasteiger partial charge < -0.3 is 53.8 Å². The summed E-state index contributed by atoms with van der Waals surface area (Å²) in [6.45, 7) is 5.13. The Morgan fingerprint density at radius 3 is 1.87 bits per heavy atom. The summed E-state index contributed by atoms with van der Waals surface area (Å²) in [7, 11) is 5.55. The molecule has 16 heteroatoms. The fourth-order valence-corrected chi connectivity index (χ4v) is 9.96. The van der Waals surface area contributed by atoms with Crippen LogP contribution in [0, 0.1) is 0 Å². The molecule has 3 aromatic rings. The van der Waals surface area contributed by atoms with E-state index in [-0.39, 0.29) is 24.4 Å². The topological polar surface area (TPSA) is 183 Å². The summed E-state index contributed by atoms with van der Waals surface area (Å²) < 4.78 is 32.7. The van der Waals surface area contributed by atoms with Gasteiger partial charge in [-0.1, -0.05) is 48.5 Å². The van der Waals surface area contributed by atoms with Gasteiger partial charge in [0.25, 0.3) is 0 Å². The van der Waals surface area contributed by atoms with Crippen molar-refractivity contribution in [1.29, 1.82) is 0 Å². The molecule has 8 rings (SSSR count). The maximum absolute atomic E-state index is 14.1. The number of carbonyl (C=O) groups excluding carboxylic acids is 4. The minimum Gasteiger partial charge on any atom is -0.453 e. The second-order valence-corrected chi connectivity index (χ2v) is 16.9. The molecule has 4 fully saturated rings. The molecule has 4 heterocycles. The lowest BCUT2D eigenvalue weighted by Gasteiger charge is -2.32. The van der Waals surface area contributed by atoms with E-state index in [4.69, 9.17) is 33.4 Å². The van der Waals surface area contributed by atoms with Crippen LogP contribution >= 0.6 is 0 Å². The summed E-state index contributed by atoms with van der Waals surface area (Å²) in [5.41, 5.74) is 10.6. The first-order valence-electron chi connectivity index (χ1n) is 21.8. The van der Waals surface area contributed by atoms with E-state index < -0.39 is 48.3 Å². The molecule has 0 unspecified atom stereocenters. The van der Waals surface area contributed by atoms with Crippen LogP contribution in [0.2, 0.25) is 0 Å². The number of carbonyl (C=O) groups is 4. The van der Waals surface area contributed by atoms with E-state index >= 15 is 0 Å². The van der Waals surface area contributed by atoms with Crippen LogP contribution in [0.3, 0.4) is 0 Å². The SMILES string of the molecule is COC(=O)N[C@H](C(=O)N1CCC[C@H]1C1=C2CCCC2=C(c2ccc(-c3ccc(-c4cnc([C@@H]5CC6(CN5C(=O)[C@@H](NC(=O)OC)[C@@H](C)OC)OCCO6)[nH]4)cc3)cc2)C1)[C@@H](C)OC. The number of benzene rings is 2. The minimum absolute atomic E-state index is 0.0215. The van der Waals surface area contributed by atoms with Crippen molar-refractivity contribution in [2.24, 2.45) is 0 Å². The number of hydrogen-bond acceptors (Lipinski definition) is 11. The normalized spacial score (nSPS) is 22.3. The van der Waals surface area contributed by atoms with Crippen molar-refractivity contribution in [2.75, 3.05) is 54.7 Å². The Morgan fingerprint density at radius 1 is 0.730 bits per heavy atom. The van der Waals surface area contributed by atoms with E-state index in [9.17, 15) is 19.2 Å².